The molecule has 2 aromatic carbocycles. The van der Waals surface area contributed by atoms with E-state index in [9.17, 15) is 9.59 Å². The van der Waals surface area contributed by atoms with Crippen molar-refractivity contribution in [3.05, 3.63) is 64.6 Å². The maximum Gasteiger partial charge on any atom is 0.323 e. The SMILES string of the molecule is O=C(N[C@H]1CCCN(c2ccccc2)C1)c1ccc2[nH]c(=O)[nH]c2c1. The number of rotatable bonds is 3. The zero-order chi connectivity index (χ0) is 17.2. The van der Waals surface area contributed by atoms with Crippen LogP contribution < -0.4 is 15.9 Å². The Hall–Kier alpha value is -3.02. The Balaban J connectivity index is 1.46. The minimum atomic E-state index is -0.265. The van der Waals surface area contributed by atoms with Gasteiger partial charge in [-0.15, -0.1) is 0 Å². The third kappa shape index (κ3) is 3.28. The normalized spacial score (nSPS) is 17.6. The van der Waals surface area contributed by atoms with Gasteiger partial charge in [-0.25, -0.2) is 4.79 Å². The van der Waals surface area contributed by atoms with Crippen LogP contribution in [0.5, 0.6) is 0 Å². The van der Waals surface area contributed by atoms with E-state index in [-0.39, 0.29) is 17.6 Å². The van der Waals surface area contributed by atoms with Gasteiger partial charge < -0.3 is 20.2 Å². The van der Waals surface area contributed by atoms with Crippen molar-refractivity contribution in [2.75, 3.05) is 18.0 Å². The Bertz CT molecular complexity index is 945. The lowest BCUT2D eigenvalue weighted by molar-refractivity contribution is 0.0933. The van der Waals surface area contributed by atoms with Gasteiger partial charge in [0.1, 0.15) is 0 Å². The van der Waals surface area contributed by atoms with Crippen molar-refractivity contribution in [1.82, 2.24) is 15.3 Å². The molecule has 0 aliphatic carbocycles. The maximum absolute atomic E-state index is 12.6. The van der Waals surface area contributed by atoms with Crippen molar-refractivity contribution < 1.29 is 4.79 Å². The van der Waals surface area contributed by atoms with Crippen molar-refractivity contribution in [3.8, 4) is 0 Å². The minimum Gasteiger partial charge on any atom is -0.369 e. The molecule has 6 nitrogen and oxygen atoms in total. The molecule has 1 aliphatic rings. The summed E-state index contributed by atoms with van der Waals surface area (Å²) in [6.07, 6.45) is 2.02. The van der Waals surface area contributed by atoms with Crippen LogP contribution in [0, 0.1) is 0 Å². The molecule has 1 fully saturated rings. The van der Waals surface area contributed by atoms with Crippen molar-refractivity contribution >= 4 is 22.6 Å². The predicted molar refractivity (Wildman–Crippen MR) is 98.1 cm³/mol. The highest BCUT2D eigenvalue weighted by molar-refractivity contribution is 5.97. The zero-order valence-electron chi connectivity index (χ0n) is 13.8. The Labute approximate surface area is 144 Å². The first-order chi connectivity index (χ1) is 12.2. The summed E-state index contributed by atoms with van der Waals surface area (Å²) in [6.45, 7) is 1.81. The van der Waals surface area contributed by atoms with Crippen molar-refractivity contribution in [1.29, 1.82) is 0 Å². The highest BCUT2D eigenvalue weighted by Crippen LogP contribution is 2.20. The van der Waals surface area contributed by atoms with E-state index in [0.29, 0.717) is 16.6 Å². The average molecular weight is 336 g/mol. The fraction of sp³-hybridized carbons (Fsp3) is 0.263. The van der Waals surface area contributed by atoms with E-state index in [1.807, 2.05) is 18.2 Å². The number of nitrogens with zero attached hydrogens (tertiary/aromatic N) is 1. The summed E-state index contributed by atoms with van der Waals surface area (Å²) in [4.78, 5) is 31.6. The van der Waals surface area contributed by atoms with Crippen LogP contribution in [0.3, 0.4) is 0 Å². The number of para-hydroxylation sites is 1. The van der Waals surface area contributed by atoms with Crippen LogP contribution in [-0.4, -0.2) is 35.0 Å². The zero-order valence-corrected chi connectivity index (χ0v) is 13.8. The molecule has 25 heavy (non-hydrogen) atoms. The summed E-state index contributed by atoms with van der Waals surface area (Å²) in [5.41, 5.74) is 2.83. The summed E-state index contributed by atoms with van der Waals surface area (Å²) >= 11 is 0. The molecule has 0 unspecified atom stereocenters. The monoisotopic (exact) mass is 336 g/mol. The van der Waals surface area contributed by atoms with Gasteiger partial charge in [-0.05, 0) is 43.2 Å². The summed E-state index contributed by atoms with van der Waals surface area (Å²) in [6, 6.07) is 15.6. The first-order valence-corrected chi connectivity index (χ1v) is 8.52. The molecule has 3 N–H and O–H groups in total. The van der Waals surface area contributed by atoms with E-state index < -0.39 is 0 Å². The van der Waals surface area contributed by atoms with E-state index >= 15 is 0 Å². The number of hydrogen-bond donors (Lipinski definition) is 3. The van der Waals surface area contributed by atoms with Gasteiger partial charge in [0.05, 0.1) is 11.0 Å². The molecular formula is C19H20N4O2. The van der Waals surface area contributed by atoms with Crippen molar-refractivity contribution in [2.45, 2.75) is 18.9 Å². The first kappa shape index (κ1) is 15.5. The van der Waals surface area contributed by atoms with E-state index in [1.54, 1.807) is 18.2 Å². The van der Waals surface area contributed by atoms with Crippen LogP contribution in [0.1, 0.15) is 23.2 Å². The van der Waals surface area contributed by atoms with Crippen LogP contribution in [0.4, 0.5) is 5.69 Å². The highest BCUT2D eigenvalue weighted by Gasteiger charge is 2.22. The number of aromatic amines is 2. The lowest BCUT2D eigenvalue weighted by atomic mass is 10.0. The number of fused-ring (bicyclic) bond motifs is 1. The van der Waals surface area contributed by atoms with Gasteiger partial charge in [0.15, 0.2) is 0 Å². The summed E-state index contributed by atoms with van der Waals surface area (Å²) in [5, 5.41) is 3.12. The Morgan fingerprint density at radius 2 is 1.88 bits per heavy atom. The molecule has 128 valence electrons. The highest BCUT2D eigenvalue weighted by atomic mass is 16.2. The fourth-order valence-corrected chi connectivity index (χ4v) is 3.41. The third-order valence-corrected chi connectivity index (χ3v) is 4.66. The summed E-state index contributed by atoms with van der Waals surface area (Å²) in [7, 11) is 0. The molecule has 0 bridgehead atoms. The van der Waals surface area contributed by atoms with Crippen LogP contribution in [-0.2, 0) is 0 Å². The first-order valence-electron chi connectivity index (χ1n) is 8.52. The molecule has 3 aromatic rings. The Morgan fingerprint density at radius 1 is 1.08 bits per heavy atom. The van der Waals surface area contributed by atoms with Crippen LogP contribution in [0.25, 0.3) is 11.0 Å². The molecule has 1 amide bonds. The van der Waals surface area contributed by atoms with Crippen molar-refractivity contribution in [2.24, 2.45) is 0 Å². The number of anilines is 1. The number of H-pyrrole nitrogens is 2. The van der Waals surface area contributed by atoms with Crippen molar-refractivity contribution in [3.63, 3.8) is 0 Å². The molecule has 1 aliphatic heterocycles. The molecule has 2 heterocycles. The number of aromatic nitrogens is 2. The lowest BCUT2D eigenvalue weighted by Gasteiger charge is -2.34. The van der Waals surface area contributed by atoms with Gasteiger partial charge >= 0.3 is 5.69 Å². The number of imidazole rings is 1. The summed E-state index contributed by atoms with van der Waals surface area (Å²) < 4.78 is 0. The second-order valence-electron chi connectivity index (χ2n) is 6.43. The van der Waals surface area contributed by atoms with Crippen LogP contribution in [0.2, 0.25) is 0 Å². The number of hydrogen-bond acceptors (Lipinski definition) is 3. The lowest BCUT2D eigenvalue weighted by Crippen LogP contribution is -2.47. The fourth-order valence-electron chi connectivity index (χ4n) is 3.41. The molecule has 1 atom stereocenters. The number of carbonyl (C=O) groups excluding carboxylic acids is 1. The van der Waals surface area contributed by atoms with E-state index in [2.05, 4.69) is 32.3 Å². The molecule has 0 saturated carbocycles. The molecular weight excluding hydrogens is 316 g/mol. The largest absolute Gasteiger partial charge is 0.369 e. The number of carbonyl (C=O) groups is 1. The average Bonchev–Trinajstić information content (AvgIpc) is 3.02. The van der Waals surface area contributed by atoms with Crippen LogP contribution in [0.15, 0.2) is 53.3 Å². The van der Waals surface area contributed by atoms with E-state index in [0.717, 1.165) is 25.9 Å². The summed E-state index contributed by atoms with van der Waals surface area (Å²) in [5.74, 6) is -0.108. The second-order valence-corrected chi connectivity index (χ2v) is 6.43. The molecule has 4 rings (SSSR count). The van der Waals surface area contributed by atoms with Gasteiger partial charge in [-0.1, -0.05) is 18.2 Å². The minimum absolute atomic E-state index is 0.108. The topological polar surface area (TPSA) is 81.0 Å². The maximum atomic E-state index is 12.6. The van der Waals surface area contributed by atoms with Gasteiger partial charge in [0.2, 0.25) is 0 Å². The number of nitrogens with one attached hydrogen (secondary N) is 3. The standard InChI is InChI=1S/C19H20N4O2/c24-18(13-8-9-16-17(11-13)22-19(25)21-16)20-14-5-4-10-23(12-14)15-6-2-1-3-7-15/h1-3,6-9,11,14H,4-5,10,12H2,(H,20,24)(H2,21,22,25)/t14-/m0/s1. The second kappa shape index (κ2) is 6.47. The molecule has 6 heteroatoms. The van der Waals surface area contributed by atoms with E-state index in [4.69, 9.17) is 0 Å². The number of amides is 1. The Morgan fingerprint density at radius 3 is 2.72 bits per heavy atom. The quantitative estimate of drug-likeness (QED) is 0.686. The third-order valence-electron chi connectivity index (χ3n) is 4.66. The molecule has 0 radical (unpaired) electrons. The van der Waals surface area contributed by atoms with E-state index in [1.165, 1.54) is 5.69 Å². The van der Waals surface area contributed by atoms with Gasteiger partial charge in [-0.2, -0.15) is 0 Å². The molecule has 1 aromatic heterocycles. The smallest absolute Gasteiger partial charge is 0.323 e. The predicted octanol–water partition coefficient (Wildman–Crippen LogP) is 2.25. The van der Waals surface area contributed by atoms with Gasteiger partial charge in [0, 0.05) is 30.4 Å². The van der Waals surface area contributed by atoms with Gasteiger partial charge in [-0.3, -0.25) is 4.79 Å². The van der Waals surface area contributed by atoms with Gasteiger partial charge in [0.25, 0.3) is 5.91 Å². The number of piperidine rings is 1. The van der Waals surface area contributed by atoms with Crippen LogP contribution >= 0.6 is 0 Å². The molecule has 1 saturated heterocycles. The molecule has 0 spiro atoms. The Kier molecular flexibility index (Phi) is 4.01. The number of benzene rings is 2.